The smallest absolute Gasteiger partial charge is 0.219 e. The van der Waals surface area contributed by atoms with Crippen LogP contribution in [0.15, 0.2) is 18.3 Å². The number of aromatic nitrogens is 1. The molecule has 0 saturated heterocycles. The summed E-state index contributed by atoms with van der Waals surface area (Å²) in [5, 5.41) is 0.00685. The third-order valence-corrected chi connectivity index (χ3v) is 3.95. The predicted molar refractivity (Wildman–Crippen MR) is 49.2 cm³/mol. The van der Waals surface area contributed by atoms with Crippen molar-refractivity contribution in [3.05, 3.63) is 23.9 Å². The molecule has 0 radical (unpaired) electrons. The zero-order chi connectivity index (χ0) is 7.84. The van der Waals surface area contributed by atoms with Crippen molar-refractivity contribution in [2.24, 2.45) is 0 Å². The molecule has 0 saturated carbocycles. The van der Waals surface area contributed by atoms with Gasteiger partial charge in [0.25, 0.3) is 0 Å². The fraction of sp³-hybridized carbons (Fsp3) is 0.286. The normalized spacial score (nSPS) is 27.8. The number of pyridine rings is 1. The Bertz CT molecular complexity index is 279. The van der Waals surface area contributed by atoms with Crippen LogP contribution in [0, 0.1) is 0 Å². The fourth-order valence-electron chi connectivity index (χ4n) is 1.02. The van der Waals surface area contributed by atoms with Gasteiger partial charge >= 0.3 is 0 Å². The van der Waals surface area contributed by atoms with Crippen molar-refractivity contribution >= 4 is 31.9 Å². The quantitative estimate of drug-likeness (QED) is 0.681. The first kappa shape index (κ1) is 7.55. The lowest BCUT2D eigenvalue weighted by atomic mass is 10.2. The third kappa shape index (κ3) is 1.18. The maximum absolute atomic E-state index is 5.38. The minimum Gasteiger partial charge on any atom is -0.461 e. The summed E-state index contributed by atoms with van der Waals surface area (Å²) in [5.74, 6) is 0.719. The fourth-order valence-corrected chi connectivity index (χ4v) is 1.94. The molecule has 4 heteroatoms. The lowest BCUT2D eigenvalue weighted by molar-refractivity contribution is 0.318. The minimum atomic E-state index is 0.00685. The molecule has 1 aromatic heterocycles. The van der Waals surface area contributed by atoms with Crippen LogP contribution in [0.3, 0.4) is 0 Å². The standard InChI is InChI=1S/C7H5Br2NO/c8-5-4-2-1-3-10-7(4)11-6(5)9/h1-3,5-6H/t5-,6-/m0/s1. The van der Waals surface area contributed by atoms with Gasteiger partial charge in [-0.2, -0.15) is 0 Å². The largest absolute Gasteiger partial charge is 0.461 e. The van der Waals surface area contributed by atoms with Crippen molar-refractivity contribution in [3.63, 3.8) is 0 Å². The molecule has 11 heavy (non-hydrogen) atoms. The number of nitrogens with zero attached hydrogens (tertiary/aromatic N) is 1. The number of halogens is 2. The molecule has 0 N–H and O–H groups in total. The van der Waals surface area contributed by atoms with E-state index < -0.39 is 0 Å². The van der Waals surface area contributed by atoms with Crippen LogP contribution in [0.4, 0.5) is 0 Å². The van der Waals surface area contributed by atoms with Crippen molar-refractivity contribution in [3.8, 4) is 5.88 Å². The van der Waals surface area contributed by atoms with Crippen molar-refractivity contribution in [1.29, 1.82) is 0 Å². The summed E-state index contributed by atoms with van der Waals surface area (Å²) in [4.78, 5) is 4.29. The van der Waals surface area contributed by atoms with E-state index in [0.717, 1.165) is 11.4 Å². The van der Waals surface area contributed by atoms with E-state index in [1.165, 1.54) is 0 Å². The van der Waals surface area contributed by atoms with E-state index in [-0.39, 0.29) is 9.84 Å². The number of fused-ring (bicyclic) bond motifs is 1. The summed E-state index contributed by atoms with van der Waals surface area (Å²) in [6.07, 6.45) is 1.73. The molecule has 0 unspecified atom stereocenters. The molecule has 0 fully saturated rings. The second-order valence-electron chi connectivity index (χ2n) is 2.27. The van der Waals surface area contributed by atoms with E-state index in [1.54, 1.807) is 6.20 Å². The van der Waals surface area contributed by atoms with Gasteiger partial charge in [0.1, 0.15) is 0 Å². The number of hydrogen-bond donors (Lipinski definition) is 0. The highest BCUT2D eigenvalue weighted by Crippen LogP contribution is 2.42. The van der Waals surface area contributed by atoms with Crippen LogP contribution in [0.5, 0.6) is 5.88 Å². The van der Waals surface area contributed by atoms with Gasteiger partial charge in [-0.25, -0.2) is 4.98 Å². The Labute approximate surface area is 81.2 Å². The van der Waals surface area contributed by atoms with Gasteiger partial charge in [0, 0.05) is 11.8 Å². The second-order valence-corrected chi connectivity index (χ2v) is 4.16. The maximum atomic E-state index is 5.38. The highest BCUT2D eigenvalue weighted by molar-refractivity contribution is 9.12. The van der Waals surface area contributed by atoms with Crippen LogP contribution in [-0.4, -0.2) is 10.00 Å². The summed E-state index contributed by atoms with van der Waals surface area (Å²) in [7, 11) is 0. The Morgan fingerprint density at radius 1 is 1.45 bits per heavy atom. The van der Waals surface area contributed by atoms with E-state index in [4.69, 9.17) is 4.74 Å². The van der Waals surface area contributed by atoms with Crippen molar-refractivity contribution in [2.75, 3.05) is 0 Å². The van der Waals surface area contributed by atoms with E-state index in [1.807, 2.05) is 12.1 Å². The third-order valence-electron chi connectivity index (χ3n) is 1.55. The molecule has 2 atom stereocenters. The maximum Gasteiger partial charge on any atom is 0.219 e. The van der Waals surface area contributed by atoms with Crippen LogP contribution in [0.1, 0.15) is 10.4 Å². The first-order valence-corrected chi connectivity index (χ1v) is 5.02. The molecule has 0 spiro atoms. The number of rotatable bonds is 0. The van der Waals surface area contributed by atoms with Gasteiger partial charge in [-0.05, 0) is 22.0 Å². The number of ether oxygens (including phenoxy) is 1. The van der Waals surface area contributed by atoms with Gasteiger partial charge in [0.15, 0.2) is 5.01 Å². The van der Waals surface area contributed by atoms with Crippen molar-refractivity contribution in [2.45, 2.75) is 9.84 Å². The Balaban J connectivity index is 2.47. The van der Waals surface area contributed by atoms with Crippen LogP contribution in [0.2, 0.25) is 0 Å². The summed E-state index contributed by atoms with van der Waals surface area (Å²) < 4.78 is 5.38. The second kappa shape index (κ2) is 2.75. The summed E-state index contributed by atoms with van der Waals surface area (Å²) in [5.41, 5.74) is 1.11. The lowest BCUT2D eigenvalue weighted by Crippen LogP contribution is -2.03. The molecule has 1 aliphatic rings. The van der Waals surface area contributed by atoms with Crippen LogP contribution >= 0.6 is 31.9 Å². The predicted octanol–water partition coefficient (Wildman–Crippen LogP) is 2.63. The molecule has 0 aliphatic carbocycles. The first-order valence-electron chi connectivity index (χ1n) is 3.19. The van der Waals surface area contributed by atoms with Gasteiger partial charge < -0.3 is 4.74 Å². The van der Waals surface area contributed by atoms with Gasteiger partial charge in [-0.3, -0.25) is 0 Å². The van der Waals surface area contributed by atoms with Crippen molar-refractivity contribution < 1.29 is 4.74 Å². The van der Waals surface area contributed by atoms with Crippen LogP contribution < -0.4 is 4.74 Å². The minimum absolute atomic E-state index is 0.00685. The topological polar surface area (TPSA) is 22.1 Å². The molecule has 2 heterocycles. The lowest BCUT2D eigenvalue weighted by Gasteiger charge is -2.02. The van der Waals surface area contributed by atoms with Crippen LogP contribution in [0.25, 0.3) is 0 Å². The van der Waals surface area contributed by atoms with Gasteiger partial charge in [-0.1, -0.05) is 22.0 Å². The van der Waals surface area contributed by atoms with E-state index in [2.05, 4.69) is 36.8 Å². The number of hydrogen-bond acceptors (Lipinski definition) is 2. The monoisotopic (exact) mass is 277 g/mol. The van der Waals surface area contributed by atoms with E-state index in [9.17, 15) is 0 Å². The Morgan fingerprint density at radius 3 is 3.00 bits per heavy atom. The van der Waals surface area contributed by atoms with Gasteiger partial charge in [-0.15, -0.1) is 0 Å². The molecule has 2 nitrogen and oxygen atoms in total. The summed E-state index contributed by atoms with van der Waals surface area (Å²) in [6.45, 7) is 0. The SMILES string of the molecule is Br[C@H]1Oc2ncccc2[C@@H]1Br. The number of alkyl halides is 2. The summed E-state index contributed by atoms with van der Waals surface area (Å²) in [6, 6.07) is 3.91. The molecule has 1 aromatic rings. The molecule has 0 bridgehead atoms. The molecule has 0 amide bonds. The molecular weight excluding hydrogens is 274 g/mol. The van der Waals surface area contributed by atoms with Gasteiger partial charge in [0.2, 0.25) is 5.88 Å². The highest BCUT2D eigenvalue weighted by Gasteiger charge is 2.30. The first-order chi connectivity index (χ1) is 5.29. The average Bonchev–Trinajstić information content (AvgIpc) is 2.30. The van der Waals surface area contributed by atoms with Gasteiger partial charge in [0.05, 0.1) is 4.83 Å². The Hall–Kier alpha value is -0.0900. The van der Waals surface area contributed by atoms with E-state index in [0.29, 0.717) is 0 Å². The molecular formula is C7H5Br2NO. The zero-order valence-corrected chi connectivity index (χ0v) is 8.67. The van der Waals surface area contributed by atoms with Crippen molar-refractivity contribution in [1.82, 2.24) is 4.98 Å². The molecule has 2 rings (SSSR count). The highest BCUT2D eigenvalue weighted by atomic mass is 79.9. The zero-order valence-electron chi connectivity index (χ0n) is 5.50. The molecule has 58 valence electrons. The Kier molecular flexibility index (Phi) is 1.89. The molecule has 0 aromatic carbocycles. The van der Waals surface area contributed by atoms with E-state index >= 15 is 0 Å². The average molecular weight is 279 g/mol. The summed E-state index contributed by atoms with van der Waals surface area (Å²) >= 11 is 6.87. The Morgan fingerprint density at radius 2 is 2.27 bits per heavy atom. The molecule has 1 aliphatic heterocycles. The van der Waals surface area contributed by atoms with Crippen LogP contribution in [-0.2, 0) is 0 Å².